The van der Waals surface area contributed by atoms with Crippen LogP contribution in [-0.2, 0) is 0 Å². The molecule has 3 aromatic heterocycles. The zero-order valence-electron chi connectivity index (χ0n) is 28.0. The molecule has 11 aromatic rings. The molecule has 0 aliphatic carbocycles. The molecule has 3 heterocycles. The molecule has 0 saturated carbocycles. The maximum Gasteiger partial charge on any atom is 0.136 e. The van der Waals surface area contributed by atoms with E-state index >= 15 is 0 Å². The highest BCUT2D eigenvalue weighted by Crippen LogP contribution is 2.46. The summed E-state index contributed by atoms with van der Waals surface area (Å²) in [4.78, 5) is 5.30. The van der Waals surface area contributed by atoms with Crippen molar-refractivity contribution in [2.45, 2.75) is 0 Å². The first-order valence-electron chi connectivity index (χ1n) is 17.6. The molecule has 0 saturated heterocycles. The van der Waals surface area contributed by atoms with Crippen LogP contribution in [0.25, 0.3) is 110 Å². The Balaban J connectivity index is 1.03. The summed E-state index contributed by atoms with van der Waals surface area (Å²) < 4.78 is 12.7. The smallest absolute Gasteiger partial charge is 0.136 e. The van der Waals surface area contributed by atoms with E-state index in [-0.39, 0.29) is 0 Å². The van der Waals surface area contributed by atoms with E-state index in [1.165, 1.54) is 10.9 Å². The highest BCUT2D eigenvalue weighted by Gasteiger charge is 2.21. The summed E-state index contributed by atoms with van der Waals surface area (Å²) in [7, 11) is 0. The van der Waals surface area contributed by atoms with E-state index in [2.05, 4.69) is 158 Å². The van der Waals surface area contributed by atoms with E-state index in [9.17, 15) is 0 Å². The molecule has 242 valence electrons. The van der Waals surface area contributed by atoms with E-state index in [0.29, 0.717) is 0 Å². The molecule has 0 atom stereocenters. The van der Waals surface area contributed by atoms with E-state index in [1.807, 2.05) is 18.2 Å². The third-order valence-corrected chi connectivity index (χ3v) is 10.5. The number of aromatic nitrogens is 1. The topological polar surface area (TPSA) is 39.2 Å². The number of nitrogens with zero attached hydrogens (tertiary/aromatic N) is 1. The molecule has 0 fully saturated rings. The quantitative estimate of drug-likeness (QED) is 0.176. The number of pyridine rings is 1. The fourth-order valence-corrected chi connectivity index (χ4v) is 8.01. The Labute approximate surface area is 299 Å². The third-order valence-electron chi connectivity index (χ3n) is 10.5. The number of hydrogen-bond acceptors (Lipinski definition) is 3. The molecule has 0 aliphatic heterocycles. The lowest BCUT2D eigenvalue weighted by Gasteiger charge is -2.16. The van der Waals surface area contributed by atoms with E-state index in [1.54, 1.807) is 0 Å². The molecule has 8 aromatic carbocycles. The number of benzene rings is 8. The highest BCUT2D eigenvalue weighted by atomic mass is 16.3. The van der Waals surface area contributed by atoms with Crippen LogP contribution in [-0.4, -0.2) is 4.98 Å². The van der Waals surface area contributed by atoms with E-state index < -0.39 is 0 Å². The van der Waals surface area contributed by atoms with Crippen molar-refractivity contribution in [2.75, 3.05) is 0 Å². The molecule has 3 nitrogen and oxygen atoms in total. The Hall–Kier alpha value is -6.97. The van der Waals surface area contributed by atoms with Crippen LogP contribution in [0.15, 0.2) is 185 Å². The zero-order valence-corrected chi connectivity index (χ0v) is 28.0. The first-order valence-corrected chi connectivity index (χ1v) is 17.6. The van der Waals surface area contributed by atoms with Crippen LogP contribution < -0.4 is 0 Å². The van der Waals surface area contributed by atoms with Gasteiger partial charge in [-0.15, -0.1) is 0 Å². The molecule has 11 rings (SSSR count). The molecule has 0 unspecified atom stereocenters. The minimum absolute atomic E-state index is 0.863. The summed E-state index contributed by atoms with van der Waals surface area (Å²) in [6.45, 7) is 0. The number of fused-ring (bicyclic) bond motifs is 9. The molecule has 0 aliphatic rings. The van der Waals surface area contributed by atoms with Crippen LogP contribution in [0.2, 0.25) is 0 Å². The van der Waals surface area contributed by atoms with Crippen molar-refractivity contribution in [3.8, 4) is 44.6 Å². The van der Waals surface area contributed by atoms with Crippen LogP contribution in [0.4, 0.5) is 0 Å². The van der Waals surface area contributed by atoms with Crippen molar-refractivity contribution in [2.24, 2.45) is 0 Å². The monoisotopic (exact) mass is 663 g/mol. The molecular formula is C49H29NO2. The highest BCUT2D eigenvalue weighted by molar-refractivity contribution is 6.27. The summed E-state index contributed by atoms with van der Waals surface area (Å²) in [5, 5.41) is 7.92. The van der Waals surface area contributed by atoms with Gasteiger partial charge >= 0.3 is 0 Å². The Morgan fingerprint density at radius 2 is 0.846 bits per heavy atom. The van der Waals surface area contributed by atoms with Gasteiger partial charge in [-0.3, -0.25) is 0 Å². The summed E-state index contributed by atoms with van der Waals surface area (Å²) in [5.41, 5.74) is 13.5. The van der Waals surface area contributed by atoms with Crippen molar-refractivity contribution >= 4 is 65.6 Å². The predicted molar refractivity (Wildman–Crippen MR) is 216 cm³/mol. The lowest BCUT2D eigenvalue weighted by molar-refractivity contribution is 0.669. The Kier molecular flexibility index (Phi) is 6.25. The predicted octanol–water partition coefficient (Wildman–Crippen LogP) is 13.9. The van der Waals surface area contributed by atoms with Gasteiger partial charge in [0.1, 0.15) is 22.3 Å². The molecule has 0 N–H and O–H groups in total. The number of furan rings is 2. The zero-order chi connectivity index (χ0) is 34.2. The molecule has 0 bridgehead atoms. The maximum atomic E-state index is 6.55. The molecule has 3 heteroatoms. The summed E-state index contributed by atoms with van der Waals surface area (Å²) in [6.07, 6.45) is 0. The maximum absolute atomic E-state index is 6.55. The molecule has 52 heavy (non-hydrogen) atoms. The van der Waals surface area contributed by atoms with Gasteiger partial charge in [0.05, 0.1) is 11.2 Å². The second-order valence-corrected chi connectivity index (χ2v) is 13.5. The molecule has 0 spiro atoms. The van der Waals surface area contributed by atoms with E-state index in [4.69, 9.17) is 13.8 Å². The van der Waals surface area contributed by atoms with Crippen molar-refractivity contribution in [3.05, 3.63) is 176 Å². The lowest BCUT2D eigenvalue weighted by atomic mass is 9.89. The third kappa shape index (κ3) is 4.43. The van der Waals surface area contributed by atoms with Gasteiger partial charge in [0.2, 0.25) is 0 Å². The summed E-state index contributed by atoms with van der Waals surface area (Å²) >= 11 is 0. The van der Waals surface area contributed by atoms with Crippen LogP contribution in [0.5, 0.6) is 0 Å². The van der Waals surface area contributed by atoms with Gasteiger partial charge in [-0.05, 0) is 64.2 Å². The summed E-state index contributed by atoms with van der Waals surface area (Å²) in [5.74, 6) is 0. The first-order chi connectivity index (χ1) is 25.8. The van der Waals surface area contributed by atoms with Crippen molar-refractivity contribution < 1.29 is 8.83 Å². The Morgan fingerprint density at radius 1 is 0.308 bits per heavy atom. The lowest BCUT2D eigenvalue weighted by Crippen LogP contribution is -1.93. The second-order valence-electron chi connectivity index (χ2n) is 13.5. The second kappa shape index (κ2) is 11.3. The van der Waals surface area contributed by atoms with Crippen LogP contribution in [0, 0.1) is 0 Å². The fraction of sp³-hybridized carbons (Fsp3) is 0. The van der Waals surface area contributed by atoms with Crippen LogP contribution >= 0.6 is 0 Å². The van der Waals surface area contributed by atoms with Gasteiger partial charge in [-0.2, -0.15) is 0 Å². The van der Waals surface area contributed by atoms with E-state index in [0.717, 1.165) is 99.2 Å². The fourth-order valence-electron chi connectivity index (χ4n) is 8.01. The van der Waals surface area contributed by atoms with Gasteiger partial charge in [0.15, 0.2) is 0 Å². The van der Waals surface area contributed by atoms with Crippen LogP contribution in [0.3, 0.4) is 0 Å². The molecule has 0 radical (unpaired) electrons. The minimum Gasteiger partial charge on any atom is -0.456 e. The SMILES string of the molecule is c1ccc(-c2c3c(cc4c(-c5ccc(-c6ccc(-c7ccc8c(c7)oc7ccccc78)cc6)cc5)nc5ccccc5c24)oc2ccccc23)cc1. The van der Waals surface area contributed by atoms with Crippen molar-refractivity contribution in [1.82, 2.24) is 4.98 Å². The number of hydrogen-bond donors (Lipinski definition) is 0. The average Bonchev–Trinajstić information content (AvgIpc) is 3.78. The molecule has 0 amide bonds. The standard InChI is InChI=1S/C49H29NO2/c1-2-10-33(11-3-1)46-47-38-13-4-7-15-41(38)50-49(40(47)29-45-48(46)39-14-6-9-17-43(39)52-45)34-24-22-31(23-25-34)30-18-20-32(21-19-30)35-26-27-37-36-12-5-8-16-42(36)51-44(37)28-35/h1-29H. The van der Waals surface area contributed by atoms with Gasteiger partial charge in [-0.25, -0.2) is 4.98 Å². The molecular weight excluding hydrogens is 635 g/mol. The number of rotatable bonds is 4. The number of para-hydroxylation sites is 3. The van der Waals surface area contributed by atoms with Gasteiger partial charge in [-0.1, -0.05) is 140 Å². The van der Waals surface area contributed by atoms with Gasteiger partial charge < -0.3 is 8.83 Å². The largest absolute Gasteiger partial charge is 0.456 e. The van der Waals surface area contributed by atoms with Crippen molar-refractivity contribution in [1.29, 1.82) is 0 Å². The van der Waals surface area contributed by atoms with Gasteiger partial charge in [0, 0.05) is 48.8 Å². The normalized spacial score (nSPS) is 11.8. The minimum atomic E-state index is 0.863. The van der Waals surface area contributed by atoms with Gasteiger partial charge in [0.25, 0.3) is 0 Å². The van der Waals surface area contributed by atoms with Crippen molar-refractivity contribution in [3.63, 3.8) is 0 Å². The Bertz CT molecular complexity index is 3150. The summed E-state index contributed by atoms with van der Waals surface area (Å²) in [6, 6.07) is 61.9. The van der Waals surface area contributed by atoms with Crippen LogP contribution in [0.1, 0.15) is 0 Å². The first kappa shape index (κ1) is 28.8. The Morgan fingerprint density at radius 3 is 1.60 bits per heavy atom. The average molecular weight is 664 g/mol.